The Morgan fingerprint density at radius 3 is 2.72 bits per heavy atom. The number of anilines is 1. The Morgan fingerprint density at radius 2 is 2.06 bits per heavy atom. The number of carbonyl (C=O) groups excluding carboxylic acids is 1. The average Bonchev–Trinajstić information content (AvgIpc) is 3.31. The van der Waals surface area contributed by atoms with Crippen molar-refractivity contribution in [1.82, 2.24) is 25.6 Å². The molecule has 1 aliphatic rings. The largest absolute Gasteiger partial charge is 0.351 e. The summed E-state index contributed by atoms with van der Waals surface area (Å²) in [4.78, 5) is 29.3. The maximum absolute atomic E-state index is 14.1. The van der Waals surface area contributed by atoms with E-state index >= 15 is 0 Å². The zero-order chi connectivity index (χ0) is 23.1. The zero-order valence-corrected chi connectivity index (χ0v) is 18.9. The van der Waals surface area contributed by atoms with Crippen molar-refractivity contribution >= 4 is 17.6 Å². The first-order chi connectivity index (χ1) is 15.3. The topological polar surface area (TPSA) is 104 Å². The van der Waals surface area contributed by atoms with Gasteiger partial charge in [-0.15, -0.1) is 0 Å². The Morgan fingerprint density at radius 1 is 1.31 bits per heavy atom. The van der Waals surface area contributed by atoms with Crippen molar-refractivity contribution in [3.63, 3.8) is 0 Å². The normalized spacial score (nSPS) is 17.3. The van der Waals surface area contributed by atoms with Crippen LogP contribution >= 0.6 is 0 Å². The smallest absolute Gasteiger partial charge is 0.237 e. The molecule has 32 heavy (non-hydrogen) atoms. The molecule has 170 valence electrons. The van der Waals surface area contributed by atoms with E-state index in [0.29, 0.717) is 18.2 Å². The second-order valence-electron chi connectivity index (χ2n) is 8.44. The summed E-state index contributed by atoms with van der Waals surface area (Å²) in [6.45, 7) is 8.76. The molecule has 3 heterocycles. The van der Waals surface area contributed by atoms with Crippen LogP contribution in [0.4, 0.5) is 10.3 Å². The van der Waals surface area contributed by atoms with E-state index in [2.05, 4.69) is 35.9 Å². The minimum absolute atomic E-state index is 0.0287. The molecule has 0 spiro atoms. The molecule has 0 bridgehead atoms. The maximum atomic E-state index is 14.1. The molecule has 9 heteroatoms. The minimum Gasteiger partial charge on any atom is -0.351 e. The van der Waals surface area contributed by atoms with Gasteiger partial charge >= 0.3 is 0 Å². The standard InChI is InChI=1S/C23H30FN7O/c1-15(12-28-21(32)19-8-6-9-25-19)11-27-16(2)17-13-29-22(30-14-17)31-23(3,4)20-18(24)7-5-10-26-20/h5,7,10-11,13-14,19,25H,6,8-9,12H2,1-4H3,(H,28,32)(H,29,30,31)/b15-11+,27-16+/t19-/m1/s1. The van der Waals surface area contributed by atoms with Gasteiger partial charge in [0, 0.05) is 42.6 Å². The lowest BCUT2D eigenvalue weighted by Gasteiger charge is -2.25. The highest BCUT2D eigenvalue weighted by Gasteiger charge is 2.26. The molecule has 1 saturated heterocycles. The molecule has 0 radical (unpaired) electrons. The van der Waals surface area contributed by atoms with Crippen molar-refractivity contribution in [3.05, 3.63) is 59.6 Å². The van der Waals surface area contributed by atoms with Crippen LogP contribution in [0.25, 0.3) is 0 Å². The fourth-order valence-corrected chi connectivity index (χ4v) is 3.35. The monoisotopic (exact) mass is 439 g/mol. The Balaban J connectivity index is 1.58. The van der Waals surface area contributed by atoms with Crippen LogP contribution in [0.1, 0.15) is 51.8 Å². The lowest BCUT2D eigenvalue weighted by atomic mass is 9.99. The molecule has 1 atom stereocenters. The molecule has 1 fully saturated rings. The number of nitrogens with zero attached hydrogens (tertiary/aromatic N) is 4. The first kappa shape index (κ1) is 23.5. The average molecular weight is 440 g/mol. The Labute approximate surface area is 187 Å². The molecule has 0 aromatic carbocycles. The number of aliphatic imine (C=N–C) groups is 1. The summed E-state index contributed by atoms with van der Waals surface area (Å²) >= 11 is 0. The molecule has 8 nitrogen and oxygen atoms in total. The lowest BCUT2D eigenvalue weighted by molar-refractivity contribution is -0.122. The van der Waals surface area contributed by atoms with Crippen LogP contribution < -0.4 is 16.0 Å². The second-order valence-corrected chi connectivity index (χ2v) is 8.44. The van der Waals surface area contributed by atoms with E-state index in [0.717, 1.165) is 36.2 Å². The maximum Gasteiger partial charge on any atom is 0.237 e. The predicted molar refractivity (Wildman–Crippen MR) is 123 cm³/mol. The number of halogens is 1. The van der Waals surface area contributed by atoms with Crippen molar-refractivity contribution in [2.24, 2.45) is 4.99 Å². The molecule has 0 unspecified atom stereocenters. The highest BCUT2D eigenvalue weighted by Crippen LogP contribution is 2.24. The summed E-state index contributed by atoms with van der Waals surface area (Å²) in [6.07, 6.45) is 8.52. The van der Waals surface area contributed by atoms with E-state index in [9.17, 15) is 9.18 Å². The number of amides is 1. The van der Waals surface area contributed by atoms with Gasteiger partial charge in [0.2, 0.25) is 11.9 Å². The molecule has 3 N–H and O–H groups in total. The number of pyridine rings is 1. The summed E-state index contributed by atoms with van der Waals surface area (Å²) in [5, 5.41) is 9.23. The van der Waals surface area contributed by atoms with Gasteiger partial charge in [0.05, 0.1) is 11.6 Å². The summed E-state index contributed by atoms with van der Waals surface area (Å²) in [7, 11) is 0. The fraction of sp³-hybridized carbons (Fsp3) is 0.435. The van der Waals surface area contributed by atoms with Crippen molar-refractivity contribution in [2.75, 3.05) is 18.4 Å². The van der Waals surface area contributed by atoms with Gasteiger partial charge < -0.3 is 16.0 Å². The number of rotatable bonds is 8. The SMILES string of the molecule is C/C(=C\N=C(/C)c1cnc(NC(C)(C)c2ncccc2F)nc1)CNC(=O)[C@H]1CCCN1. The molecule has 0 aliphatic carbocycles. The van der Waals surface area contributed by atoms with Crippen molar-refractivity contribution < 1.29 is 9.18 Å². The minimum atomic E-state index is -0.783. The van der Waals surface area contributed by atoms with Crippen LogP contribution in [0.3, 0.4) is 0 Å². The van der Waals surface area contributed by atoms with Crippen LogP contribution in [0.2, 0.25) is 0 Å². The summed E-state index contributed by atoms with van der Waals surface area (Å²) < 4.78 is 14.1. The number of hydrogen-bond acceptors (Lipinski definition) is 7. The van der Waals surface area contributed by atoms with Crippen molar-refractivity contribution in [3.8, 4) is 0 Å². The Bertz CT molecular complexity index is 996. The van der Waals surface area contributed by atoms with E-state index in [4.69, 9.17) is 0 Å². The van der Waals surface area contributed by atoms with Gasteiger partial charge in [-0.1, -0.05) is 0 Å². The van der Waals surface area contributed by atoms with Gasteiger partial charge in [-0.25, -0.2) is 14.4 Å². The summed E-state index contributed by atoms with van der Waals surface area (Å²) in [5.74, 6) is 0.00922. The second kappa shape index (κ2) is 10.4. The van der Waals surface area contributed by atoms with E-state index in [1.807, 2.05) is 27.7 Å². The van der Waals surface area contributed by atoms with Crippen molar-refractivity contribution in [1.29, 1.82) is 0 Å². The third-order valence-corrected chi connectivity index (χ3v) is 5.24. The van der Waals surface area contributed by atoms with E-state index < -0.39 is 5.54 Å². The Hall–Kier alpha value is -3.20. The highest BCUT2D eigenvalue weighted by molar-refractivity contribution is 5.98. The molecule has 0 saturated carbocycles. The first-order valence-corrected chi connectivity index (χ1v) is 10.7. The van der Waals surface area contributed by atoms with Gasteiger partial charge in [-0.05, 0) is 64.8 Å². The molecular weight excluding hydrogens is 409 g/mol. The van der Waals surface area contributed by atoms with Gasteiger partial charge in [0.1, 0.15) is 11.5 Å². The zero-order valence-electron chi connectivity index (χ0n) is 18.9. The summed E-state index contributed by atoms with van der Waals surface area (Å²) in [6, 6.07) is 2.85. The van der Waals surface area contributed by atoms with Gasteiger partial charge in [0.25, 0.3) is 0 Å². The van der Waals surface area contributed by atoms with E-state index in [-0.39, 0.29) is 17.8 Å². The van der Waals surface area contributed by atoms with Crippen LogP contribution in [0.5, 0.6) is 0 Å². The van der Waals surface area contributed by atoms with Crippen LogP contribution in [0.15, 0.2) is 47.5 Å². The van der Waals surface area contributed by atoms with Gasteiger partial charge in [0.15, 0.2) is 0 Å². The third kappa shape index (κ3) is 6.16. The predicted octanol–water partition coefficient (Wildman–Crippen LogP) is 2.94. The van der Waals surface area contributed by atoms with E-state index in [1.165, 1.54) is 6.07 Å². The van der Waals surface area contributed by atoms with Gasteiger partial charge in [-0.3, -0.25) is 14.8 Å². The first-order valence-electron chi connectivity index (χ1n) is 10.7. The van der Waals surface area contributed by atoms with Gasteiger partial charge in [-0.2, -0.15) is 0 Å². The molecule has 2 aromatic rings. The quantitative estimate of drug-likeness (QED) is 0.547. The molecule has 1 aliphatic heterocycles. The van der Waals surface area contributed by atoms with Crippen molar-refractivity contribution in [2.45, 2.75) is 52.1 Å². The molecule has 3 rings (SSSR count). The molecule has 1 amide bonds. The van der Waals surface area contributed by atoms with Crippen LogP contribution in [-0.2, 0) is 10.3 Å². The van der Waals surface area contributed by atoms with E-state index in [1.54, 1.807) is 30.9 Å². The molecule has 2 aromatic heterocycles. The fourth-order valence-electron chi connectivity index (χ4n) is 3.35. The summed E-state index contributed by atoms with van der Waals surface area (Å²) in [5.41, 5.74) is 1.96. The number of hydrogen-bond donors (Lipinski definition) is 3. The third-order valence-electron chi connectivity index (χ3n) is 5.24. The molecular formula is C23H30FN7O. The highest BCUT2D eigenvalue weighted by atomic mass is 19.1. The number of carbonyl (C=O) groups is 1. The lowest BCUT2D eigenvalue weighted by Crippen LogP contribution is -2.40. The Kier molecular flexibility index (Phi) is 7.63. The van der Waals surface area contributed by atoms with Crippen LogP contribution in [0, 0.1) is 5.82 Å². The number of aromatic nitrogens is 3. The number of nitrogens with one attached hydrogen (secondary N) is 3. The van der Waals surface area contributed by atoms with Crippen LogP contribution in [-0.4, -0.2) is 45.7 Å².